The van der Waals surface area contributed by atoms with Gasteiger partial charge in [0.25, 0.3) is 0 Å². The number of benzene rings is 4. The van der Waals surface area contributed by atoms with Crippen molar-refractivity contribution in [1.82, 2.24) is 0 Å². The van der Waals surface area contributed by atoms with E-state index < -0.39 is 41.9 Å². The van der Waals surface area contributed by atoms with Crippen molar-refractivity contribution < 1.29 is 27.8 Å². The average molecular weight is 565 g/mol. The Morgan fingerprint density at radius 3 is 1.35 bits per heavy atom. The van der Waals surface area contributed by atoms with Crippen molar-refractivity contribution in [2.45, 2.75) is 44.6 Å². The predicted molar refractivity (Wildman–Crippen MR) is 157 cm³/mol. The standard InChI is InChI=1S/C33H32F3O3P/c1-31(2,3)39-30(37)29(32(38,33(34,35)36)24-25-16-8-4-9-17-25)40(26-18-10-5-11-19-26,27-20-12-6-13-21-27)28-22-14-7-15-23-28/h4-23,38H,24H2,1-3H3. The van der Waals surface area contributed by atoms with E-state index in [2.05, 4.69) is 0 Å². The van der Waals surface area contributed by atoms with Crippen LogP contribution >= 0.6 is 6.89 Å². The monoisotopic (exact) mass is 564 g/mol. The summed E-state index contributed by atoms with van der Waals surface area (Å²) in [6, 6.07) is 33.9. The molecule has 1 unspecified atom stereocenters. The molecule has 0 aliphatic heterocycles. The quantitative estimate of drug-likeness (QED) is 0.220. The second-order valence-electron chi connectivity index (χ2n) is 10.5. The maximum Gasteiger partial charge on any atom is 0.422 e. The number of hydrogen-bond acceptors (Lipinski definition) is 3. The Morgan fingerprint density at radius 2 is 1.02 bits per heavy atom. The molecule has 4 aromatic rings. The first kappa shape index (κ1) is 29.4. The van der Waals surface area contributed by atoms with Gasteiger partial charge in [-0.15, -0.1) is 0 Å². The molecule has 0 saturated carbocycles. The van der Waals surface area contributed by atoms with E-state index in [4.69, 9.17) is 4.74 Å². The lowest BCUT2D eigenvalue weighted by Gasteiger charge is -2.41. The number of aliphatic hydroxyl groups is 1. The third kappa shape index (κ3) is 5.79. The van der Waals surface area contributed by atoms with E-state index in [0.717, 1.165) is 0 Å². The van der Waals surface area contributed by atoms with Gasteiger partial charge in [-0.3, -0.25) is 0 Å². The molecule has 0 heterocycles. The highest BCUT2D eigenvalue weighted by Gasteiger charge is 2.61. The smallest absolute Gasteiger partial charge is 0.422 e. The second kappa shape index (κ2) is 11.5. The lowest BCUT2D eigenvalue weighted by atomic mass is 9.90. The molecular weight excluding hydrogens is 532 g/mol. The molecule has 0 saturated heterocycles. The van der Waals surface area contributed by atoms with Gasteiger partial charge in [0.1, 0.15) is 5.60 Å². The number of carbonyl (C=O) groups is 1. The van der Waals surface area contributed by atoms with Crippen molar-refractivity contribution in [3.8, 4) is 0 Å². The first-order valence-corrected chi connectivity index (χ1v) is 14.7. The summed E-state index contributed by atoms with van der Waals surface area (Å²) in [5.41, 5.74) is -4.46. The molecule has 4 rings (SSSR count). The maximum atomic E-state index is 15.4. The molecule has 1 N–H and O–H groups in total. The number of hydrogen-bond donors (Lipinski definition) is 1. The van der Waals surface area contributed by atoms with E-state index in [-0.39, 0.29) is 5.56 Å². The topological polar surface area (TPSA) is 46.5 Å². The molecule has 3 nitrogen and oxygen atoms in total. The molecule has 0 aliphatic carbocycles. The van der Waals surface area contributed by atoms with E-state index in [1.54, 1.807) is 130 Å². The lowest BCUT2D eigenvalue weighted by Crippen LogP contribution is -2.59. The van der Waals surface area contributed by atoms with Gasteiger partial charge < -0.3 is 9.84 Å². The van der Waals surface area contributed by atoms with Gasteiger partial charge in [-0.1, -0.05) is 121 Å². The molecule has 0 aliphatic rings. The van der Waals surface area contributed by atoms with Crippen LogP contribution in [0.4, 0.5) is 13.2 Å². The van der Waals surface area contributed by atoms with E-state index >= 15 is 13.2 Å². The zero-order valence-corrected chi connectivity index (χ0v) is 23.5. The molecule has 1 atom stereocenters. The molecule has 0 aromatic heterocycles. The molecule has 40 heavy (non-hydrogen) atoms. The maximum absolute atomic E-state index is 15.4. The Kier molecular flexibility index (Phi) is 8.44. The van der Waals surface area contributed by atoms with Crippen molar-refractivity contribution in [1.29, 1.82) is 0 Å². The van der Waals surface area contributed by atoms with Crippen LogP contribution in [0.3, 0.4) is 0 Å². The van der Waals surface area contributed by atoms with Crippen LogP contribution in [0.1, 0.15) is 26.3 Å². The SMILES string of the molecule is CC(C)(C)OC(=O)C(C(O)(Cc1ccccc1)C(F)(F)F)=P(c1ccccc1)(c1ccccc1)c1ccccc1. The molecule has 208 valence electrons. The van der Waals surface area contributed by atoms with E-state index in [1.165, 1.54) is 12.1 Å². The van der Waals surface area contributed by atoms with Crippen LogP contribution in [0.25, 0.3) is 0 Å². The van der Waals surface area contributed by atoms with Gasteiger partial charge >= 0.3 is 12.1 Å². The summed E-state index contributed by atoms with van der Waals surface area (Å²) in [5.74, 6) is -1.19. The van der Waals surface area contributed by atoms with E-state index in [9.17, 15) is 9.90 Å². The number of esters is 1. The van der Waals surface area contributed by atoms with Gasteiger partial charge in [-0.2, -0.15) is 13.2 Å². The van der Waals surface area contributed by atoms with Crippen LogP contribution < -0.4 is 15.9 Å². The zero-order chi connectivity index (χ0) is 29.0. The minimum atomic E-state index is -5.22. The van der Waals surface area contributed by atoms with Crippen LogP contribution in [0.2, 0.25) is 0 Å². The van der Waals surface area contributed by atoms with Crippen molar-refractivity contribution >= 4 is 34.1 Å². The van der Waals surface area contributed by atoms with Crippen LogP contribution in [0.15, 0.2) is 121 Å². The number of ether oxygens (including phenoxy) is 1. The third-order valence-corrected chi connectivity index (χ3v) is 11.0. The largest absolute Gasteiger partial charge is 0.456 e. The fraction of sp³-hybridized carbons (Fsp3) is 0.212. The Hall–Kier alpha value is -3.60. The van der Waals surface area contributed by atoms with Crippen molar-refractivity contribution in [3.05, 3.63) is 127 Å². The molecule has 0 amide bonds. The fourth-order valence-corrected chi connectivity index (χ4v) is 9.52. The molecule has 7 heteroatoms. The summed E-state index contributed by atoms with van der Waals surface area (Å²) >= 11 is 0. The zero-order valence-electron chi connectivity index (χ0n) is 22.6. The molecule has 0 spiro atoms. The second-order valence-corrected chi connectivity index (χ2v) is 13.9. The minimum Gasteiger partial charge on any atom is -0.456 e. The van der Waals surface area contributed by atoms with E-state index in [0.29, 0.717) is 15.9 Å². The van der Waals surface area contributed by atoms with Crippen molar-refractivity contribution in [2.75, 3.05) is 0 Å². The highest BCUT2D eigenvalue weighted by atomic mass is 31.2. The van der Waals surface area contributed by atoms with E-state index in [1.807, 2.05) is 0 Å². The van der Waals surface area contributed by atoms with Gasteiger partial charge in [0, 0.05) is 6.42 Å². The van der Waals surface area contributed by atoms with Crippen molar-refractivity contribution in [3.63, 3.8) is 0 Å². The number of alkyl halides is 3. The molecular formula is C33H32F3O3P. The molecule has 0 bridgehead atoms. The van der Waals surface area contributed by atoms with Crippen LogP contribution in [-0.4, -0.2) is 33.7 Å². The summed E-state index contributed by atoms with van der Waals surface area (Å²) in [4.78, 5) is 14.3. The summed E-state index contributed by atoms with van der Waals surface area (Å²) in [6.07, 6.45) is -6.08. The van der Waals surface area contributed by atoms with Gasteiger partial charge in [-0.25, -0.2) is 4.79 Å². The van der Waals surface area contributed by atoms with Gasteiger partial charge in [0.15, 0.2) is 5.60 Å². The highest BCUT2D eigenvalue weighted by molar-refractivity contribution is 7.96. The molecule has 0 fully saturated rings. The molecule has 0 radical (unpaired) electrons. The first-order valence-electron chi connectivity index (χ1n) is 12.9. The lowest BCUT2D eigenvalue weighted by molar-refractivity contribution is -0.230. The molecule has 4 aromatic carbocycles. The summed E-state index contributed by atoms with van der Waals surface area (Å²) in [6.45, 7) is 1.10. The predicted octanol–water partition coefficient (Wildman–Crippen LogP) is 6.03. The fourth-order valence-electron chi connectivity index (χ4n) is 4.91. The number of carbonyl (C=O) groups excluding carboxylic acids is 1. The minimum absolute atomic E-state index is 0.232. The van der Waals surface area contributed by atoms with Crippen molar-refractivity contribution in [2.24, 2.45) is 0 Å². The summed E-state index contributed by atoms with van der Waals surface area (Å²) in [7, 11) is 0. The Morgan fingerprint density at radius 1 is 0.675 bits per heavy atom. The summed E-state index contributed by atoms with van der Waals surface area (Å²) < 4.78 is 52.1. The van der Waals surface area contributed by atoms with Crippen LogP contribution in [0.5, 0.6) is 0 Å². The third-order valence-electron chi connectivity index (χ3n) is 6.52. The van der Waals surface area contributed by atoms with Crippen LogP contribution in [-0.2, 0) is 16.0 Å². The summed E-state index contributed by atoms with van der Waals surface area (Å²) in [5, 5.41) is 12.9. The first-order chi connectivity index (χ1) is 18.9. The Labute approximate surface area is 233 Å². The number of rotatable bonds is 7. The van der Waals surface area contributed by atoms with Gasteiger partial charge in [0.2, 0.25) is 0 Å². The van der Waals surface area contributed by atoms with Crippen LogP contribution in [0, 0.1) is 0 Å². The Balaban J connectivity index is 2.33. The Bertz CT molecular complexity index is 1380. The normalized spacial score (nSPS) is 13.8. The van der Waals surface area contributed by atoms with Gasteiger partial charge in [0.05, 0.1) is 5.29 Å². The highest BCUT2D eigenvalue weighted by Crippen LogP contribution is 2.52. The number of halogens is 3. The average Bonchev–Trinajstić information content (AvgIpc) is 2.92. The van der Waals surface area contributed by atoms with Gasteiger partial charge in [-0.05, 0) is 49.1 Å².